The summed E-state index contributed by atoms with van der Waals surface area (Å²) in [5.74, 6) is 1.43. The van der Waals surface area contributed by atoms with Gasteiger partial charge in [-0.1, -0.05) is 19.3 Å². The van der Waals surface area contributed by atoms with Gasteiger partial charge in [0, 0.05) is 18.9 Å². The summed E-state index contributed by atoms with van der Waals surface area (Å²) in [5.41, 5.74) is -0.863. The predicted octanol–water partition coefficient (Wildman–Crippen LogP) is 1.94. The van der Waals surface area contributed by atoms with Gasteiger partial charge in [0.05, 0.1) is 5.41 Å². The first kappa shape index (κ1) is 14.6. The van der Waals surface area contributed by atoms with Crippen molar-refractivity contribution in [3.63, 3.8) is 0 Å². The number of carboxylic acids is 1. The molecule has 1 fully saturated rings. The van der Waals surface area contributed by atoms with Gasteiger partial charge in [0.15, 0.2) is 0 Å². The number of hydrogen-bond donors (Lipinski definition) is 2. The molecule has 1 aliphatic rings. The molecule has 1 saturated carbocycles. The van der Waals surface area contributed by atoms with Gasteiger partial charge in [-0.25, -0.2) is 0 Å². The van der Waals surface area contributed by atoms with E-state index in [1.807, 2.05) is 6.92 Å². The third kappa shape index (κ3) is 3.76. The Labute approximate surface area is 108 Å². The van der Waals surface area contributed by atoms with Crippen LogP contribution in [0.4, 0.5) is 0 Å². The summed E-state index contributed by atoms with van der Waals surface area (Å²) in [5, 5.41) is 12.1. The fourth-order valence-corrected chi connectivity index (χ4v) is 2.56. The molecule has 0 aromatic heterocycles. The highest BCUT2D eigenvalue weighted by Crippen LogP contribution is 2.39. The number of aliphatic carboxylic acids is 1. The second-order valence-corrected chi connectivity index (χ2v) is 5.20. The molecule has 18 heavy (non-hydrogen) atoms. The van der Waals surface area contributed by atoms with E-state index in [4.69, 9.17) is 6.42 Å². The molecule has 1 amide bonds. The molecule has 0 aromatic carbocycles. The van der Waals surface area contributed by atoms with Gasteiger partial charge < -0.3 is 10.4 Å². The second-order valence-electron chi connectivity index (χ2n) is 5.20. The molecule has 0 aromatic rings. The van der Waals surface area contributed by atoms with E-state index in [-0.39, 0.29) is 18.4 Å². The van der Waals surface area contributed by atoms with Crippen molar-refractivity contribution in [3.05, 3.63) is 0 Å². The molecule has 0 aliphatic heterocycles. The topological polar surface area (TPSA) is 66.4 Å². The SMILES string of the molecule is C#CCC(C)NC(=O)CC1(C(=O)O)CCCCC1. The monoisotopic (exact) mass is 251 g/mol. The molecule has 0 bridgehead atoms. The zero-order chi connectivity index (χ0) is 13.6. The zero-order valence-electron chi connectivity index (χ0n) is 10.9. The molecule has 0 spiro atoms. The maximum atomic E-state index is 11.9. The van der Waals surface area contributed by atoms with Crippen LogP contribution in [0.5, 0.6) is 0 Å². The minimum atomic E-state index is -0.863. The first-order valence-electron chi connectivity index (χ1n) is 6.46. The van der Waals surface area contributed by atoms with E-state index in [0.29, 0.717) is 19.3 Å². The molecule has 1 aliphatic carbocycles. The number of carbonyl (C=O) groups is 2. The highest BCUT2D eigenvalue weighted by Gasteiger charge is 2.41. The van der Waals surface area contributed by atoms with Crippen molar-refractivity contribution in [2.75, 3.05) is 0 Å². The highest BCUT2D eigenvalue weighted by atomic mass is 16.4. The standard InChI is InChI=1S/C14H21NO3/c1-3-7-11(2)15-12(16)10-14(13(17)18)8-5-4-6-9-14/h1,11H,4-10H2,2H3,(H,15,16)(H,17,18). The van der Waals surface area contributed by atoms with Crippen LogP contribution < -0.4 is 5.32 Å². The Balaban J connectivity index is 2.59. The Bertz CT molecular complexity index is 351. The summed E-state index contributed by atoms with van der Waals surface area (Å²) in [7, 11) is 0. The molecular weight excluding hydrogens is 230 g/mol. The number of carbonyl (C=O) groups excluding carboxylic acids is 1. The smallest absolute Gasteiger partial charge is 0.310 e. The van der Waals surface area contributed by atoms with Gasteiger partial charge in [0.1, 0.15) is 0 Å². The Morgan fingerprint density at radius 1 is 1.39 bits per heavy atom. The van der Waals surface area contributed by atoms with Crippen LogP contribution in [-0.4, -0.2) is 23.0 Å². The number of amides is 1. The largest absolute Gasteiger partial charge is 0.481 e. The van der Waals surface area contributed by atoms with Crippen LogP contribution in [0.2, 0.25) is 0 Å². The van der Waals surface area contributed by atoms with Gasteiger partial charge in [0.25, 0.3) is 0 Å². The van der Waals surface area contributed by atoms with Gasteiger partial charge in [-0.05, 0) is 19.8 Å². The van der Waals surface area contributed by atoms with E-state index in [9.17, 15) is 14.7 Å². The first-order valence-corrected chi connectivity index (χ1v) is 6.46. The van der Waals surface area contributed by atoms with Crippen LogP contribution >= 0.6 is 0 Å². The Morgan fingerprint density at radius 2 is 2.00 bits per heavy atom. The molecule has 1 unspecified atom stereocenters. The van der Waals surface area contributed by atoms with Crippen LogP contribution in [0, 0.1) is 17.8 Å². The second kappa shape index (κ2) is 6.44. The summed E-state index contributed by atoms with van der Waals surface area (Å²) in [6.45, 7) is 1.83. The molecule has 1 atom stereocenters. The van der Waals surface area contributed by atoms with E-state index in [1.54, 1.807) is 0 Å². The van der Waals surface area contributed by atoms with Gasteiger partial charge in [-0.15, -0.1) is 12.3 Å². The lowest BCUT2D eigenvalue weighted by Crippen LogP contribution is -2.41. The van der Waals surface area contributed by atoms with E-state index in [1.165, 1.54) is 0 Å². The molecule has 2 N–H and O–H groups in total. The third-order valence-electron chi connectivity index (χ3n) is 3.59. The number of rotatable bonds is 5. The minimum absolute atomic E-state index is 0.0667. The number of carboxylic acid groups (broad SMARTS) is 1. The summed E-state index contributed by atoms with van der Waals surface area (Å²) < 4.78 is 0. The highest BCUT2D eigenvalue weighted by molar-refractivity contribution is 5.85. The van der Waals surface area contributed by atoms with Crippen molar-refractivity contribution in [1.82, 2.24) is 5.32 Å². The van der Waals surface area contributed by atoms with Crippen molar-refractivity contribution < 1.29 is 14.7 Å². The Kier molecular flexibility index (Phi) is 5.21. The van der Waals surface area contributed by atoms with Gasteiger partial charge >= 0.3 is 5.97 Å². The van der Waals surface area contributed by atoms with Crippen LogP contribution in [0.3, 0.4) is 0 Å². The van der Waals surface area contributed by atoms with Crippen molar-refractivity contribution in [3.8, 4) is 12.3 Å². The van der Waals surface area contributed by atoms with E-state index in [0.717, 1.165) is 19.3 Å². The summed E-state index contributed by atoms with van der Waals surface area (Å²) in [4.78, 5) is 23.3. The lowest BCUT2D eigenvalue weighted by molar-refractivity contribution is -0.154. The van der Waals surface area contributed by atoms with Gasteiger partial charge in [-0.2, -0.15) is 0 Å². The lowest BCUT2D eigenvalue weighted by Gasteiger charge is -2.32. The molecule has 1 rings (SSSR count). The third-order valence-corrected chi connectivity index (χ3v) is 3.59. The summed E-state index contributed by atoms with van der Waals surface area (Å²) in [6.07, 6.45) is 9.73. The molecule has 100 valence electrons. The number of terminal acetylenes is 1. The fourth-order valence-electron chi connectivity index (χ4n) is 2.56. The minimum Gasteiger partial charge on any atom is -0.481 e. The Morgan fingerprint density at radius 3 is 2.50 bits per heavy atom. The van der Waals surface area contributed by atoms with Crippen LogP contribution in [-0.2, 0) is 9.59 Å². The van der Waals surface area contributed by atoms with Crippen molar-refractivity contribution in [2.45, 2.75) is 57.9 Å². The predicted molar refractivity (Wildman–Crippen MR) is 68.8 cm³/mol. The zero-order valence-corrected chi connectivity index (χ0v) is 10.9. The van der Waals surface area contributed by atoms with E-state index < -0.39 is 11.4 Å². The van der Waals surface area contributed by atoms with Crippen LogP contribution in [0.25, 0.3) is 0 Å². The summed E-state index contributed by atoms with van der Waals surface area (Å²) >= 11 is 0. The quantitative estimate of drug-likeness (QED) is 0.734. The van der Waals surface area contributed by atoms with Gasteiger partial charge in [-0.3, -0.25) is 9.59 Å². The van der Waals surface area contributed by atoms with E-state index in [2.05, 4.69) is 11.2 Å². The van der Waals surface area contributed by atoms with Crippen molar-refractivity contribution >= 4 is 11.9 Å². The lowest BCUT2D eigenvalue weighted by atomic mass is 9.71. The Hall–Kier alpha value is -1.50. The number of nitrogens with one attached hydrogen (secondary N) is 1. The normalized spacial score (nSPS) is 19.6. The first-order chi connectivity index (χ1) is 8.50. The molecule has 4 nitrogen and oxygen atoms in total. The fraction of sp³-hybridized carbons (Fsp3) is 0.714. The van der Waals surface area contributed by atoms with Crippen LogP contribution in [0.15, 0.2) is 0 Å². The number of hydrogen-bond acceptors (Lipinski definition) is 2. The maximum absolute atomic E-state index is 11.9. The van der Waals surface area contributed by atoms with Crippen molar-refractivity contribution in [2.24, 2.45) is 5.41 Å². The average Bonchev–Trinajstić information content (AvgIpc) is 2.29. The van der Waals surface area contributed by atoms with Gasteiger partial charge in [0.2, 0.25) is 5.91 Å². The molecular formula is C14H21NO3. The summed E-state index contributed by atoms with van der Waals surface area (Å²) in [6, 6.07) is -0.100. The van der Waals surface area contributed by atoms with Crippen LogP contribution in [0.1, 0.15) is 51.9 Å². The van der Waals surface area contributed by atoms with E-state index >= 15 is 0 Å². The average molecular weight is 251 g/mol. The molecule has 0 radical (unpaired) electrons. The molecule has 0 saturated heterocycles. The molecule has 0 heterocycles. The molecule has 4 heteroatoms. The maximum Gasteiger partial charge on any atom is 0.310 e. The van der Waals surface area contributed by atoms with Crippen molar-refractivity contribution in [1.29, 1.82) is 0 Å².